The van der Waals surface area contributed by atoms with E-state index in [1.807, 2.05) is 0 Å². The first-order valence-electron chi connectivity index (χ1n) is 8.84. The van der Waals surface area contributed by atoms with E-state index in [4.69, 9.17) is 23.7 Å². The Morgan fingerprint density at radius 1 is 0.724 bits per heavy atom. The van der Waals surface area contributed by atoms with Crippen molar-refractivity contribution in [3.8, 4) is 0 Å². The fourth-order valence-corrected chi connectivity index (χ4v) is 2.94. The normalized spacial score (nSPS) is 42.9. The predicted molar refractivity (Wildman–Crippen MR) is 87.7 cm³/mol. The van der Waals surface area contributed by atoms with Gasteiger partial charge >= 0.3 is 11.9 Å². The maximum atomic E-state index is 11.1. The quantitative estimate of drug-likeness (QED) is 0.223. The highest BCUT2D eigenvalue weighted by molar-refractivity contribution is 5.66. The molecule has 2 heterocycles. The summed E-state index contributed by atoms with van der Waals surface area (Å²) in [7, 11) is 0. The topological polar surface area (TPSA) is 202 Å². The van der Waals surface area contributed by atoms with Gasteiger partial charge in [0.05, 0.1) is 0 Å². The van der Waals surface area contributed by atoms with E-state index in [1.54, 1.807) is 0 Å². The van der Waals surface area contributed by atoms with Crippen LogP contribution in [0.3, 0.4) is 0 Å². The van der Waals surface area contributed by atoms with Gasteiger partial charge in [0, 0.05) is 13.8 Å². The van der Waals surface area contributed by atoms with E-state index in [2.05, 4.69) is 0 Å². The second-order valence-corrected chi connectivity index (χ2v) is 6.77. The third-order valence-corrected chi connectivity index (χ3v) is 4.52. The molecular formula is C16H26O13. The fraction of sp³-hybridized carbons (Fsp3) is 0.875. The van der Waals surface area contributed by atoms with E-state index in [1.165, 1.54) is 0 Å². The molecule has 13 nitrogen and oxygen atoms in total. The van der Waals surface area contributed by atoms with Crippen LogP contribution in [-0.2, 0) is 33.3 Å². The summed E-state index contributed by atoms with van der Waals surface area (Å²) in [6.45, 7) is 1.32. The largest absolute Gasteiger partial charge is 0.463 e. The number of aliphatic hydroxyl groups excluding tert-OH is 6. The van der Waals surface area contributed by atoms with E-state index < -0.39 is 86.6 Å². The van der Waals surface area contributed by atoms with E-state index in [9.17, 15) is 40.2 Å². The zero-order valence-corrected chi connectivity index (χ0v) is 15.7. The van der Waals surface area contributed by atoms with Gasteiger partial charge in [-0.25, -0.2) is 0 Å². The fourth-order valence-electron chi connectivity index (χ4n) is 2.94. The van der Waals surface area contributed by atoms with Crippen molar-refractivity contribution >= 4 is 11.9 Å². The molecule has 0 aliphatic carbocycles. The summed E-state index contributed by atoms with van der Waals surface area (Å²) >= 11 is 0. The zero-order valence-electron chi connectivity index (χ0n) is 15.7. The Labute approximate surface area is 165 Å². The van der Waals surface area contributed by atoms with E-state index in [-0.39, 0.29) is 0 Å². The van der Waals surface area contributed by atoms with Gasteiger partial charge in [-0.3, -0.25) is 9.59 Å². The van der Waals surface area contributed by atoms with Crippen molar-refractivity contribution < 1.29 is 63.9 Å². The minimum atomic E-state index is -1.80. The van der Waals surface area contributed by atoms with Gasteiger partial charge in [-0.1, -0.05) is 0 Å². The molecule has 0 radical (unpaired) electrons. The molecule has 2 saturated heterocycles. The van der Waals surface area contributed by atoms with Crippen molar-refractivity contribution in [1.29, 1.82) is 0 Å². The number of hydrogen-bond acceptors (Lipinski definition) is 13. The highest BCUT2D eigenvalue weighted by Gasteiger charge is 2.50. The van der Waals surface area contributed by atoms with Crippen molar-refractivity contribution in [1.82, 2.24) is 0 Å². The molecule has 0 spiro atoms. The minimum absolute atomic E-state index is 0.456. The van der Waals surface area contributed by atoms with Gasteiger partial charge < -0.3 is 54.3 Å². The summed E-state index contributed by atoms with van der Waals surface area (Å²) in [5.41, 5.74) is 0. The number of aliphatic hydroxyl groups is 6. The lowest BCUT2D eigenvalue weighted by atomic mass is 9.97. The molecule has 2 aliphatic heterocycles. The first kappa shape index (κ1) is 23.9. The SMILES string of the molecule is CC(=O)OCC1O[C@@H](O[C@@H]2C(COC(C)=O)OC(O)[C@@H](O)C2O)[C@@H](O)C(O)[C@H]1O. The van der Waals surface area contributed by atoms with Crippen molar-refractivity contribution in [2.45, 2.75) is 75.3 Å². The first-order valence-corrected chi connectivity index (χ1v) is 8.84. The lowest BCUT2D eigenvalue weighted by molar-refractivity contribution is -0.355. The van der Waals surface area contributed by atoms with Crippen LogP contribution in [0.2, 0.25) is 0 Å². The predicted octanol–water partition coefficient (Wildman–Crippen LogP) is -4.26. The second kappa shape index (κ2) is 10.1. The molecule has 13 heteroatoms. The van der Waals surface area contributed by atoms with Gasteiger partial charge in [-0.2, -0.15) is 0 Å². The Morgan fingerprint density at radius 3 is 1.83 bits per heavy atom. The third-order valence-electron chi connectivity index (χ3n) is 4.52. The van der Waals surface area contributed by atoms with Crippen LogP contribution in [0.1, 0.15) is 13.8 Å². The number of carbonyl (C=O) groups is 2. The molecule has 2 fully saturated rings. The van der Waals surface area contributed by atoms with Gasteiger partial charge in [-0.15, -0.1) is 0 Å². The molecule has 2 rings (SSSR count). The standard InChI is InChI=1S/C16H26O13/c1-5(17)25-3-7-9(19)10(20)13(23)16(28-7)29-14-8(4-26-6(2)18)27-15(24)12(22)11(14)21/h7-16,19-24H,3-4H2,1-2H3/t7?,8?,9-,10?,11?,12-,13-,14+,15?,16-/m0/s1. The van der Waals surface area contributed by atoms with Crippen molar-refractivity contribution in [2.24, 2.45) is 0 Å². The molecule has 10 atom stereocenters. The van der Waals surface area contributed by atoms with Crippen molar-refractivity contribution in [3.63, 3.8) is 0 Å². The molecule has 0 aromatic heterocycles. The van der Waals surface area contributed by atoms with Crippen LogP contribution in [-0.4, -0.2) is 117 Å². The first-order chi connectivity index (χ1) is 13.5. The Kier molecular flexibility index (Phi) is 8.28. The van der Waals surface area contributed by atoms with Crippen LogP contribution in [0.4, 0.5) is 0 Å². The van der Waals surface area contributed by atoms with Gasteiger partial charge in [0.15, 0.2) is 12.6 Å². The second-order valence-electron chi connectivity index (χ2n) is 6.77. The maximum absolute atomic E-state index is 11.1. The average molecular weight is 426 g/mol. The molecule has 0 aromatic carbocycles. The molecule has 6 N–H and O–H groups in total. The van der Waals surface area contributed by atoms with E-state index in [0.717, 1.165) is 13.8 Å². The number of rotatable bonds is 6. The highest BCUT2D eigenvalue weighted by atomic mass is 16.7. The van der Waals surface area contributed by atoms with Crippen LogP contribution in [0.15, 0.2) is 0 Å². The van der Waals surface area contributed by atoms with Gasteiger partial charge in [0.1, 0.15) is 62.0 Å². The number of ether oxygens (including phenoxy) is 5. The van der Waals surface area contributed by atoms with Crippen molar-refractivity contribution in [3.05, 3.63) is 0 Å². The van der Waals surface area contributed by atoms with Gasteiger partial charge in [0.2, 0.25) is 0 Å². The van der Waals surface area contributed by atoms with Gasteiger partial charge in [0.25, 0.3) is 0 Å². The number of esters is 2. The molecule has 0 aromatic rings. The Morgan fingerprint density at radius 2 is 1.28 bits per heavy atom. The molecule has 29 heavy (non-hydrogen) atoms. The van der Waals surface area contributed by atoms with Crippen molar-refractivity contribution in [2.75, 3.05) is 13.2 Å². The number of carbonyl (C=O) groups excluding carboxylic acids is 2. The average Bonchev–Trinajstić information content (AvgIpc) is 2.65. The summed E-state index contributed by atoms with van der Waals surface area (Å²) in [5, 5.41) is 59.9. The monoisotopic (exact) mass is 426 g/mol. The lowest BCUT2D eigenvalue weighted by Gasteiger charge is -2.45. The summed E-state index contributed by atoms with van der Waals surface area (Å²) < 4.78 is 25.4. The van der Waals surface area contributed by atoms with E-state index in [0.29, 0.717) is 0 Å². The molecule has 0 bridgehead atoms. The maximum Gasteiger partial charge on any atom is 0.302 e. The summed E-state index contributed by atoms with van der Waals surface area (Å²) in [6, 6.07) is 0. The van der Waals surface area contributed by atoms with Crippen LogP contribution in [0, 0.1) is 0 Å². The molecular weight excluding hydrogens is 400 g/mol. The molecule has 168 valence electrons. The molecule has 2 aliphatic rings. The third kappa shape index (κ3) is 5.81. The van der Waals surface area contributed by atoms with Crippen LogP contribution >= 0.6 is 0 Å². The van der Waals surface area contributed by atoms with Crippen LogP contribution in [0.5, 0.6) is 0 Å². The van der Waals surface area contributed by atoms with Crippen LogP contribution < -0.4 is 0 Å². The number of hydrogen-bond donors (Lipinski definition) is 6. The molecule has 0 saturated carbocycles. The Hall–Kier alpha value is -1.42. The van der Waals surface area contributed by atoms with Gasteiger partial charge in [-0.05, 0) is 0 Å². The van der Waals surface area contributed by atoms with Crippen LogP contribution in [0.25, 0.3) is 0 Å². The molecule has 5 unspecified atom stereocenters. The summed E-state index contributed by atoms with van der Waals surface area (Å²) in [5.74, 6) is -1.36. The Bertz CT molecular complexity index is 571. The summed E-state index contributed by atoms with van der Waals surface area (Å²) in [6.07, 6.45) is -16.1. The lowest BCUT2D eigenvalue weighted by Crippen LogP contribution is -2.64. The zero-order chi connectivity index (χ0) is 21.9. The molecule has 0 amide bonds. The Balaban J connectivity index is 2.14. The highest BCUT2D eigenvalue weighted by Crippen LogP contribution is 2.29. The smallest absolute Gasteiger partial charge is 0.302 e. The summed E-state index contributed by atoms with van der Waals surface area (Å²) in [4.78, 5) is 22.0. The minimum Gasteiger partial charge on any atom is -0.463 e. The van der Waals surface area contributed by atoms with E-state index >= 15 is 0 Å².